The number of alkyl halides is 1. The van der Waals surface area contributed by atoms with Crippen LogP contribution in [-0.4, -0.2) is 29.2 Å². The molecule has 1 heterocycles. The first-order chi connectivity index (χ1) is 7.65. The van der Waals surface area contributed by atoms with E-state index in [1.165, 1.54) is 0 Å². The summed E-state index contributed by atoms with van der Waals surface area (Å²) in [5.74, 6) is -0.812. The fourth-order valence-corrected chi connectivity index (χ4v) is 1.12. The number of pyridine rings is 1. The first kappa shape index (κ1) is 12.4. The first-order valence-corrected chi connectivity index (χ1v) is 5.25. The minimum absolute atomic E-state index is 0.259. The summed E-state index contributed by atoms with van der Waals surface area (Å²) >= 11 is 5.38. The lowest BCUT2D eigenvalue weighted by Gasteiger charge is -2.06. The number of rotatable bonds is 3. The molecule has 5 nitrogen and oxygen atoms in total. The van der Waals surface area contributed by atoms with Gasteiger partial charge in [0.05, 0.1) is 0 Å². The zero-order valence-corrected chi connectivity index (χ0v) is 9.54. The van der Waals surface area contributed by atoms with E-state index < -0.39 is 11.8 Å². The molecule has 1 aromatic rings. The van der Waals surface area contributed by atoms with Crippen LogP contribution in [0.2, 0.25) is 0 Å². The molecule has 0 aliphatic carbocycles. The third kappa shape index (κ3) is 3.51. The molecule has 86 valence electrons. The van der Waals surface area contributed by atoms with Crippen molar-refractivity contribution in [2.75, 3.05) is 17.7 Å². The van der Waals surface area contributed by atoms with E-state index in [0.717, 1.165) is 5.56 Å². The van der Waals surface area contributed by atoms with Gasteiger partial charge in [-0.1, -0.05) is 6.07 Å². The van der Waals surface area contributed by atoms with Crippen LogP contribution in [0.5, 0.6) is 0 Å². The number of halogens is 1. The maximum absolute atomic E-state index is 11.4. The van der Waals surface area contributed by atoms with Gasteiger partial charge in [-0.25, -0.2) is 4.98 Å². The molecule has 0 aliphatic rings. The second-order valence-corrected chi connectivity index (χ2v) is 3.45. The van der Waals surface area contributed by atoms with Crippen molar-refractivity contribution in [1.82, 2.24) is 10.3 Å². The number of anilines is 1. The summed E-state index contributed by atoms with van der Waals surface area (Å²) in [7, 11) is 0. The summed E-state index contributed by atoms with van der Waals surface area (Å²) in [6.45, 7) is 2.05. The first-order valence-electron chi connectivity index (χ1n) is 4.72. The number of aromatic nitrogens is 1. The third-order valence-electron chi connectivity index (χ3n) is 1.83. The molecule has 0 aromatic carbocycles. The molecule has 0 fully saturated rings. The van der Waals surface area contributed by atoms with Crippen molar-refractivity contribution in [2.24, 2.45) is 0 Å². The second kappa shape index (κ2) is 6.07. The number of hydrogen-bond donors (Lipinski definition) is 2. The van der Waals surface area contributed by atoms with Crippen molar-refractivity contribution < 1.29 is 9.59 Å². The van der Waals surface area contributed by atoms with E-state index in [0.29, 0.717) is 5.82 Å². The van der Waals surface area contributed by atoms with Crippen LogP contribution in [-0.2, 0) is 9.59 Å². The van der Waals surface area contributed by atoms with Crippen molar-refractivity contribution in [3.63, 3.8) is 0 Å². The number of aryl methyl sites for hydroxylation is 1. The van der Waals surface area contributed by atoms with Gasteiger partial charge in [0.1, 0.15) is 5.82 Å². The van der Waals surface area contributed by atoms with Gasteiger partial charge in [-0.15, -0.1) is 11.6 Å². The standard InChI is InChI=1S/C10H12ClN3O2/c1-7-3-2-5-12-8(7)14-10(16)9(15)13-6-4-11/h2-3,5H,4,6H2,1H3,(H,13,15)(H,12,14,16). The molecule has 1 rings (SSSR count). The van der Waals surface area contributed by atoms with Gasteiger partial charge in [-0.05, 0) is 18.6 Å². The van der Waals surface area contributed by atoms with Gasteiger partial charge in [0.2, 0.25) is 0 Å². The lowest BCUT2D eigenvalue weighted by Crippen LogP contribution is -2.36. The van der Waals surface area contributed by atoms with E-state index in [-0.39, 0.29) is 12.4 Å². The number of amides is 2. The molecule has 0 bridgehead atoms. The molecule has 0 radical (unpaired) electrons. The number of carbonyl (C=O) groups is 2. The maximum atomic E-state index is 11.4. The highest BCUT2D eigenvalue weighted by molar-refractivity contribution is 6.39. The fourth-order valence-electron chi connectivity index (χ4n) is 1.02. The lowest BCUT2D eigenvalue weighted by atomic mass is 10.3. The van der Waals surface area contributed by atoms with E-state index in [4.69, 9.17) is 11.6 Å². The van der Waals surface area contributed by atoms with Gasteiger partial charge in [0, 0.05) is 18.6 Å². The Morgan fingerprint density at radius 1 is 1.44 bits per heavy atom. The molecule has 0 unspecified atom stereocenters. The molecule has 0 saturated heterocycles. The highest BCUT2D eigenvalue weighted by atomic mass is 35.5. The Hall–Kier alpha value is -1.62. The average molecular weight is 242 g/mol. The largest absolute Gasteiger partial charge is 0.347 e. The summed E-state index contributed by atoms with van der Waals surface area (Å²) in [6, 6.07) is 3.54. The van der Waals surface area contributed by atoms with Gasteiger partial charge in [0.15, 0.2) is 0 Å². The molecule has 0 saturated carbocycles. The normalized spacial score (nSPS) is 9.62. The quantitative estimate of drug-likeness (QED) is 0.604. The zero-order valence-electron chi connectivity index (χ0n) is 8.79. The monoisotopic (exact) mass is 241 g/mol. The highest BCUT2D eigenvalue weighted by Gasteiger charge is 2.13. The molecule has 2 amide bonds. The number of nitrogens with one attached hydrogen (secondary N) is 2. The SMILES string of the molecule is Cc1cccnc1NC(=O)C(=O)NCCCl. The minimum atomic E-state index is -0.744. The van der Waals surface area contributed by atoms with E-state index in [1.54, 1.807) is 25.3 Å². The van der Waals surface area contributed by atoms with E-state index in [2.05, 4.69) is 15.6 Å². The van der Waals surface area contributed by atoms with E-state index >= 15 is 0 Å². The Bertz CT molecular complexity index is 395. The molecule has 6 heteroatoms. The summed E-state index contributed by atoms with van der Waals surface area (Å²) in [5, 5.41) is 4.77. The van der Waals surface area contributed by atoms with Crippen LogP contribution in [0.4, 0.5) is 5.82 Å². The van der Waals surface area contributed by atoms with Gasteiger partial charge in [0.25, 0.3) is 0 Å². The maximum Gasteiger partial charge on any atom is 0.314 e. The van der Waals surface area contributed by atoms with Crippen LogP contribution in [0.3, 0.4) is 0 Å². The molecule has 16 heavy (non-hydrogen) atoms. The van der Waals surface area contributed by atoms with Crippen LogP contribution < -0.4 is 10.6 Å². The molecule has 2 N–H and O–H groups in total. The molecular weight excluding hydrogens is 230 g/mol. The Labute approximate surface area is 98.2 Å². The Morgan fingerprint density at radius 2 is 2.19 bits per heavy atom. The Kier molecular flexibility index (Phi) is 4.72. The summed E-state index contributed by atoms with van der Waals surface area (Å²) in [4.78, 5) is 26.5. The zero-order chi connectivity index (χ0) is 12.0. The molecule has 0 atom stereocenters. The number of hydrogen-bond acceptors (Lipinski definition) is 3. The molecule has 0 aliphatic heterocycles. The van der Waals surface area contributed by atoms with Crippen molar-refractivity contribution in [3.8, 4) is 0 Å². The molecular formula is C10H12ClN3O2. The van der Waals surface area contributed by atoms with Crippen molar-refractivity contribution in [2.45, 2.75) is 6.92 Å². The van der Waals surface area contributed by atoms with Crippen LogP contribution in [0.1, 0.15) is 5.56 Å². The summed E-state index contributed by atoms with van der Waals surface area (Å²) in [5.41, 5.74) is 0.793. The minimum Gasteiger partial charge on any atom is -0.347 e. The van der Waals surface area contributed by atoms with Gasteiger partial charge in [-0.2, -0.15) is 0 Å². The second-order valence-electron chi connectivity index (χ2n) is 3.07. The van der Waals surface area contributed by atoms with Gasteiger partial charge < -0.3 is 10.6 Å². The average Bonchev–Trinajstić information content (AvgIpc) is 2.28. The van der Waals surface area contributed by atoms with Crippen LogP contribution in [0.25, 0.3) is 0 Å². The molecule has 1 aromatic heterocycles. The predicted octanol–water partition coefficient (Wildman–Crippen LogP) is 0.684. The van der Waals surface area contributed by atoms with E-state index in [9.17, 15) is 9.59 Å². The smallest absolute Gasteiger partial charge is 0.314 e. The van der Waals surface area contributed by atoms with Crippen LogP contribution in [0, 0.1) is 6.92 Å². The van der Waals surface area contributed by atoms with Crippen LogP contribution in [0.15, 0.2) is 18.3 Å². The van der Waals surface area contributed by atoms with Gasteiger partial charge in [-0.3, -0.25) is 9.59 Å². The summed E-state index contributed by atoms with van der Waals surface area (Å²) < 4.78 is 0. The molecule has 0 spiro atoms. The van der Waals surface area contributed by atoms with Crippen molar-refractivity contribution in [3.05, 3.63) is 23.9 Å². The Morgan fingerprint density at radius 3 is 2.81 bits per heavy atom. The lowest BCUT2D eigenvalue weighted by molar-refractivity contribution is -0.136. The van der Waals surface area contributed by atoms with E-state index in [1.807, 2.05) is 0 Å². The van der Waals surface area contributed by atoms with Crippen molar-refractivity contribution >= 4 is 29.2 Å². The third-order valence-corrected chi connectivity index (χ3v) is 2.02. The highest BCUT2D eigenvalue weighted by Crippen LogP contribution is 2.08. The topological polar surface area (TPSA) is 71.1 Å². The van der Waals surface area contributed by atoms with Crippen molar-refractivity contribution in [1.29, 1.82) is 0 Å². The summed E-state index contributed by atoms with van der Waals surface area (Å²) in [6.07, 6.45) is 1.54. The number of nitrogens with zero attached hydrogens (tertiary/aromatic N) is 1. The van der Waals surface area contributed by atoms with Gasteiger partial charge >= 0.3 is 11.8 Å². The Balaban J connectivity index is 2.58. The van der Waals surface area contributed by atoms with Crippen LogP contribution >= 0.6 is 11.6 Å². The predicted molar refractivity (Wildman–Crippen MR) is 61.3 cm³/mol. The number of carbonyl (C=O) groups excluding carboxylic acids is 2. The fraction of sp³-hybridized carbons (Fsp3) is 0.300.